The van der Waals surface area contributed by atoms with Crippen molar-refractivity contribution in [3.05, 3.63) is 19.6 Å². The molecule has 0 aliphatic carbocycles. The smallest absolute Gasteiger partial charge is 0.0644 e. The van der Waals surface area contributed by atoms with Crippen LogP contribution in [0.15, 0.2) is 12.7 Å². The summed E-state index contributed by atoms with van der Waals surface area (Å²) in [5.41, 5.74) is 0. The maximum Gasteiger partial charge on any atom is 0.0644 e. The maximum atomic E-state index is 5.37. The molecule has 0 aromatic carbocycles. The Morgan fingerprint density at radius 2 is 2.50 bits per heavy atom. The summed E-state index contributed by atoms with van der Waals surface area (Å²) in [5, 5.41) is 0. The fourth-order valence-corrected chi connectivity index (χ4v) is 0.337. The van der Waals surface area contributed by atoms with Gasteiger partial charge < -0.3 is 4.74 Å². The van der Waals surface area contributed by atoms with E-state index in [2.05, 4.69) is 6.58 Å². The third kappa shape index (κ3) is 5.70. The Kier molecular flexibility index (Phi) is 4.67. The van der Waals surface area contributed by atoms with Crippen molar-refractivity contribution in [1.29, 1.82) is 0 Å². The first-order valence-electron chi connectivity index (χ1n) is 2.71. The van der Waals surface area contributed by atoms with Gasteiger partial charge in [0.25, 0.3) is 0 Å². The van der Waals surface area contributed by atoms with Gasteiger partial charge in [-0.15, -0.1) is 6.58 Å². The molecule has 8 heavy (non-hydrogen) atoms. The van der Waals surface area contributed by atoms with Gasteiger partial charge >= 0.3 is 0 Å². The number of ether oxygens (including phenoxy) is 1. The molecule has 0 fully saturated rings. The van der Waals surface area contributed by atoms with Crippen LogP contribution in [0.3, 0.4) is 0 Å². The van der Waals surface area contributed by atoms with Gasteiger partial charge in [0.1, 0.15) is 0 Å². The van der Waals surface area contributed by atoms with E-state index in [1.54, 1.807) is 6.08 Å². The lowest BCUT2D eigenvalue weighted by Gasteiger charge is -2.01. The molecule has 1 heteroatoms. The average molecular weight is 112 g/mol. The normalized spacial score (nSPS) is 9.88. The Hall–Kier alpha value is -0.300. The topological polar surface area (TPSA) is 9.23 Å². The van der Waals surface area contributed by atoms with Crippen molar-refractivity contribution < 1.29 is 4.74 Å². The summed E-state index contributed by atoms with van der Waals surface area (Å²) < 4.78 is 5.00. The highest BCUT2D eigenvalue weighted by Gasteiger charge is 1.89. The molecule has 0 aromatic heterocycles. The quantitative estimate of drug-likeness (QED) is 0.396. The van der Waals surface area contributed by atoms with Crippen molar-refractivity contribution in [2.24, 2.45) is 5.92 Å². The summed E-state index contributed by atoms with van der Waals surface area (Å²) in [6.45, 7) is 12.0. The standard InChI is InChI=1S/C7H12O/c1-4-5-8-6-7(2)3/h2,4,7H,1,5-6H2,3H3. The zero-order valence-corrected chi connectivity index (χ0v) is 5.26. The Bertz CT molecular complexity index is 57.4. The van der Waals surface area contributed by atoms with Gasteiger partial charge in [0.2, 0.25) is 0 Å². The molecule has 46 valence electrons. The summed E-state index contributed by atoms with van der Waals surface area (Å²) in [7, 11) is 0. The van der Waals surface area contributed by atoms with E-state index >= 15 is 0 Å². The molecule has 0 aliphatic rings. The van der Waals surface area contributed by atoms with E-state index in [9.17, 15) is 0 Å². The van der Waals surface area contributed by atoms with Crippen LogP contribution in [-0.4, -0.2) is 13.2 Å². The molecule has 0 rings (SSSR count). The summed E-state index contributed by atoms with van der Waals surface area (Å²) >= 11 is 0. The molecule has 0 amide bonds. The van der Waals surface area contributed by atoms with Crippen LogP contribution in [0.2, 0.25) is 0 Å². The lowest BCUT2D eigenvalue weighted by molar-refractivity contribution is 0.142. The van der Waals surface area contributed by atoms with Gasteiger partial charge in [0.15, 0.2) is 0 Å². The van der Waals surface area contributed by atoms with Gasteiger partial charge in [0.05, 0.1) is 6.61 Å². The molecular formula is C7H12O. The van der Waals surface area contributed by atoms with Crippen molar-refractivity contribution in [2.45, 2.75) is 6.92 Å². The second-order valence-corrected chi connectivity index (χ2v) is 1.80. The molecule has 0 aliphatic heterocycles. The molecule has 0 aromatic rings. The minimum Gasteiger partial charge on any atom is -0.377 e. The van der Waals surface area contributed by atoms with Crippen LogP contribution in [0, 0.1) is 12.8 Å². The van der Waals surface area contributed by atoms with E-state index in [0.29, 0.717) is 13.2 Å². The van der Waals surface area contributed by atoms with E-state index in [1.807, 2.05) is 6.92 Å². The first-order valence-corrected chi connectivity index (χ1v) is 2.71. The van der Waals surface area contributed by atoms with Crippen molar-refractivity contribution in [2.75, 3.05) is 13.2 Å². The fourth-order valence-electron chi connectivity index (χ4n) is 0.337. The Labute approximate surface area is 51.4 Å². The van der Waals surface area contributed by atoms with Gasteiger partial charge in [0, 0.05) is 6.61 Å². The SMILES string of the molecule is [CH]C(C)COCC=C. The van der Waals surface area contributed by atoms with Crippen molar-refractivity contribution >= 4 is 0 Å². The first-order chi connectivity index (χ1) is 3.77. The minimum absolute atomic E-state index is 0.134. The molecule has 0 heterocycles. The molecule has 0 bridgehead atoms. The van der Waals surface area contributed by atoms with Crippen molar-refractivity contribution in [3.63, 3.8) is 0 Å². The number of rotatable bonds is 4. The van der Waals surface area contributed by atoms with E-state index < -0.39 is 0 Å². The Morgan fingerprint density at radius 3 is 2.88 bits per heavy atom. The van der Waals surface area contributed by atoms with Crippen LogP contribution < -0.4 is 0 Å². The maximum absolute atomic E-state index is 5.37. The molecule has 1 nitrogen and oxygen atoms in total. The first kappa shape index (κ1) is 7.70. The summed E-state index contributed by atoms with van der Waals surface area (Å²) in [4.78, 5) is 0. The predicted octanol–water partition coefficient (Wildman–Crippen LogP) is 1.54. The summed E-state index contributed by atoms with van der Waals surface area (Å²) in [6, 6.07) is 0. The highest BCUT2D eigenvalue weighted by atomic mass is 16.5. The van der Waals surface area contributed by atoms with Crippen LogP contribution in [-0.2, 0) is 4.74 Å². The zero-order chi connectivity index (χ0) is 6.41. The second-order valence-electron chi connectivity index (χ2n) is 1.80. The lowest BCUT2D eigenvalue weighted by Crippen LogP contribution is -2.01. The van der Waals surface area contributed by atoms with Crippen molar-refractivity contribution in [3.8, 4) is 0 Å². The largest absolute Gasteiger partial charge is 0.377 e. The lowest BCUT2D eigenvalue weighted by atomic mass is 10.2. The monoisotopic (exact) mass is 112 g/mol. The van der Waals surface area contributed by atoms with Crippen LogP contribution in [0.5, 0.6) is 0 Å². The average Bonchev–Trinajstić information content (AvgIpc) is 1.66. The number of hydrogen-bond donors (Lipinski definition) is 0. The molecule has 0 saturated carbocycles. The van der Waals surface area contributed by atoms with Crippen LogP contribution in [0.25, 0.3) is 0 Å². The van der Waals surface area contributed by atoms with Gasteiger partial charge in [-0.3, -0.25) is 0 Å². The van der Waals surface area contributed by atoms with Crippen molar-refractivity contribution in [1.82, 2.24) is 0 Å². The Morgan fingerprint density at radius 1 is 1.88 bits per heavy atom. The number of hydrogen-bond acceptors (Lipinski definition) is 1. The molecule has 1 unspecified atom stereocenters. The summed E-state index contributed by atoms with van der Waals surface area (Å²) in [5.74, 6) is 0.134. The summed E-state index contributed by atoms with van der Waals surface area (Å²) in [6.07, 6.45) is 1.71. The van der Waals surface area contributed by atoms with Gasteiger partial charge in [-0.25, -0.2) is 0 Å². The molecular weight excluding hydrogens is 100 g/mol. The third-order valence-electron chi connectivity index (χ3n) is 0.616. The highest BCUT2D eigenvalue weighted by Crippen LogP contribution is 1.90. The van der Waals surface area contributed by atoms with E-state index in [0.717, 1.165) is 0 Å². The van der Waals surface area contributed by atoms with Gasteiger partial charge in [-0.05, 0) is 12.8 Å². The Balaban J connectivity index is 2.81. The molecule has 2 radical (unpaired) electrons. The van der Waals surface area contributed by atoms with E-state index in [1.165, 1.54) is 0 Å². The van der Waals surface area contributed by atoms with Gasteiger partial charge in [-0.1, -0.05) is 13.0 Å². The molecule has 0 saturated heterocycles. The minimum atomic E-state index is 0.134. The van der Waals surface area contributed by atoms with Crippen LogP contribution >= 0.6 is 0 Å². The van der Waals surface area contributed by atoms with Crippen LogP contribution in [0.4, 0.5) is 0 Å². The fraction of sp³-hybridized carbons (Fsp3) is 0.571. The third-order valence-corrected chi connectivity index (χ3v) is 0.616. The molecule has 1 atom stereocenters. The predicted molar refractivity (Wildman–Crippen MR) is 34.5 cm³/mol. The molecule has 0 spiro atoms. The van der Waals surface area contributed by atoms with E-state index in [4.69, 9.17) is 11.7 Å². The highest BCUT2D eigenvalue weighted by molar-refractivity contribution is 4.64. The van der Waals surface area contributed by atoms with E-state index in [-0.39, 0.29) is 5.92 Å². The van der Waals surface area contributed by atoms with Crippen LogP contribution in [0.1, 0.15) is 6.92 Å². The van der Waals surface area contributed by atoms with Gasteiger partial charge in [-0.2, -0.15) is 0 Å². The second kappa shape index (κ2) is 4.85. The zero-order valence-electron chi connectivity index (χ0n) is 5.26. The molecule has 0 N–H and O–H groups in total.